The van der Waals surface area contributed by atoms with Crippen molar-refractivity contribution in [2.24, 2.45) is 0 Å². The highest BCUT2D eigenvalue weighted by Crippen LogP contribution is 2.61. The molecule has 0 amide bonds. The van der Waals surface area contributed by atoms with Gasteiger partial charge in [0.2, 0.25) is 0 Å². The van der Waals surface area contributed by atoms with Gasteiger partial charge in [0.25, 0.3) is 0 Å². The molecule has 310 valence electrons. The van der Waals surface area contributed by atoms with Gasteiger partial charge < -0.3 is 9.80 Å². The van der Waals surface area contributed by atoms with E-state index in [1.165, 1.54) is 124 Å². The zero-order valence-corrected chi connectivity index (χ0v) is 36.4. The number of hydrogen-bond donors (Lipinski definition) is 0. The Hall–Kier alpha value is -7.68. The Morgan fingerprint density at radius 3 is 1.40 bits per heavy atom. The van der Waals surface area contributed by atoms with Gasteiger partial charge >= 0.3 is 0 Å². The van der Waals surface area contributed by atoms with E-state index in [-0.39, 0.29) is 0 Å². The van der Waals surface area contributed by atoms with Crippen LogP contribution in [0.5, 0.6) is 0 Å². The monoisotopic (exact) mass is 832 g/mol. The summed E-state index contributed by atoms with van der Waals surface area (Å²) in [5, 5.41) is 5.09. The van der Waals surface area contributed by atoms with Gasteiger partial charge in [0.15, 0.2) is 0 Å². The molecule has 0 aliphatic heterocycles. The average Bonchev–Trinajstić information content (AvgIpc) is 4.14. The summed E-state index contributed by atoms with van der Waals surface area (Å²) >= 11 is 0. The smallest absolute Gasteiger partial charge is 0.0720 e. The molecule has 0 N–H and O–H groups in total. The highest BCUT2D eigenvalue weighted by atomic mass is 15.2. The van der Waals surface area contributed by atoms with E-state index in [4.69, 9.17) is 0 Å². The van der Waals surface area contributed by atoms with Crippen molar-refractivity contribution < 1.29 is 0 Å². The fourth-order valence-electron chi connectivity index (χ4n) is 12.1. The summed E-state index contributed by atoms with van der Waals surface area (Å²) in [7, 11) is 0. The lowest BCUT2D eigenvalue weighted by Crippen LogP contribution is -2.29. The molecule has 3 aliphatic carbocycles. The second kappa shape index (κ2) is 15.2. The predicted molar refractivity (Wildman–Crippen MR) is 272 cm³/mol. The average molecular weight is 833 g/mol. The highest BCUT2D eigenvalue weighted by Gasteiger charge is 2.48. The van der Waals surface area contributed by atoms with Gasteiger partial charge in [-0.05, 0) is 176 Å². The first-order valence-electron chi connectivity index (χ1n) is 23.4. The van der Waals surface area contributed by atoms with Crippen molar-refractivity contribution in [1.29, 1.82) is 0 Å². The van der Waals surface area contributed by atoms with Crippen molar-refractivity contribution in [3.05, 3.63) is 263 Å². The summed E-state index contributed by atoms with van der Waals surface area (Å²) in [6.45, 7) is 0. The first-order valence-corrected chi connectivity index (χ1v) is 23.4. The summed E-state index contributed by atoms with van der Waals surface area (Å²) in [5.41, 5.74) is 20.3. The third-order valence-corrected chi connectivity index (χ3v) is 14.7. The number of anilines is 6. The molecule has 0 saturated carbocycles. The maximum atomic E-state index is 2.54. The number of hydrogen-bond acceptors (Lipinski definition) is 2. The normalized spacial score (nSPS) is 14.2. The molecule has 0 bridgehead atoms. The molecule has 0 spiro atoms. The third-order valence-electron chi connectivity index (χ3n) is 14.7. The number of rotatable bonds is 8. The van der Waals surface area contributed by atoms with Crippen molar-refractivity contribution in [1.82, 2.24) is 0 Å². The second-order valence-electron chi connectivity index (χ2n) is 18.1. The van der Waals surface area contributed by atoms with E-state index in [1.54, 1.807) is 0 Å². The lowest BCUT2D eigenvalue weighted by atomic mass is 9.66. The molecule has 0 radical (unpaired) electrons. The fraction of sp³-hybridized carbons (Fsp3) is 0.111. The molecule has 2 nitrogen and oxygen atoms in total. The van der Waals surface area contributed by atoms with Crippen LogP contribution in [0.3, 0.4) is 0 Å². The Balaban J connectivity index is 1.13. The third kappa shape index (κ3) is 5.80. The standard InChI is InChI=1S/C63H48N2/c1-5-23-45(24-6-1)63(46-25-7-2-8-26-46)58-42-50(65(48-29-11-4-12-30-48)60-36-18-22-44-20-16-34-52(44)60)38-40-56(58)61-54-32-14-13-31-53(54)57-41-49(37-39-55(57)62(61)63)64(47-27-9-3-10-28-47)59-35-17-21-43-19-15-33-51(43)59/h1-14,17-18,21-32,35-42H,15-16,19-20,33-34H2. The Bertz CT molecular complexity index is 3390. The van der Waals surface area contributed by atoms with Crippen molar-refractivity contribution in [2.75, 3.05) is 9.80 Å². The molecule has 0 unspecified atom stereocenters. The predicted octanol–water partition coefficient (Wildman–Crippen LogP) is 16.3. The molecule has 0 aromatic heterocycles. The Morgan fingerprint density at radius 2 is 0.831 bits per heavy atom. The minimum atomic E-state index is -0.632. The van der Waals surface area contributed by atoms with Gasteiger partial charge in [-0.3, -0.25) is 0 Å². The first-order chi connectivity index (χ1) is 32.3. The fourth-order valence-corrected chi connectivity index (χ4v) is 12.1. The molecule has 13 rings (SSSR count). The van der Waals surface area contributed by atoms with E-state index in [1.807, 2.05) is 0 Å². The maximum Gasteiger partial charge on any atom is 0.0720 e. The summed E-state index contributed by atoms with van der Waals surface area (Å²) in [4.78, 5) is 5.03. The largest absolute Gasteiger partial charge is 0.310 e. The van der Waals surface area contributed by atoms with Crippen molar-refractivity contribution in [3.8, 4) is 11.1 Å². The van der Waals surface area contributed by atoms with Crippen LogP contribution < -0.4 is 9.80 Å². The molecular formula is C63H48N2. The van der Waals surface area contributed by atoms with E-state index >= 15 is 0 Å². The van der Waals surface area contributed by atoms with Crippen molar-refractivity contribution in [3.63, 3.8) is 0 Å². The van der Waals surface area contributed by atoms with Gasteiger partial charge in [0.05, 0.1) is 5.41 Å². The second-order valence-corrected chi connectivity index (χ2v) is 18.1. The van der Waals surface area contributed by atoms with Gasteiger partial charge in [0.1, 0.15) is 0 Å². The van der Waals surface area contributed by atoms with E-state index in [9.17, 15) is 0 Å². The summed E-state index contributed by atoms with van der Waals surface area (Å²) in [6.07, 6.45) is 6.86. The van der Waals surface area contributed by atoms with Crippen LogP contribution in [-0.2, 0) is 31.1 Å². The number of benzene rings is 10. The van der Waals surface area contributed by atoms with Crippen LogP contribution >= 0.6 is 0 Å². The van der Waals surface area contributed by atoms with E-state index in [0.717, 1.165) is 25.7 Å². The molecule has 0 fully saturated rings. The van der Waals surface area contributed by atoms with Crippen LogP contribution in [-0.4, -0.2) is 0 Å². The van der Waals surface area contributed by atoms with Crippen LogP contribution in [0.25, 0.3) is 32.7 Å². The Kier molecular flexibility index (Phi) is 8.88. The molecule has 3 aliphatic rings. The highest BCUT2D eigenvalue weighted by molar-refractivity contribution is 6.20. The topological polar surface area (TPSA) is 6.48 Å². The van der Waals surface area contributed by atoms with E-state index in [2.05, 4.69) is 228 Å². The molecular weight excluding hydrogens is 785 g/mol. The van der Waals surface area contributed by atoms with Gasteiger partial charge in [-0.1, -0.05) is 158 Å². The van der Waals surface area contributed by atoms with Gasteiger partial charge in [-0.15, -0.1) is 0 Å². The van der Waals surface area contributed by atoms with Crippen molar-refractivity contribution in [2.45, 2.75) is 43.9 Å². The van der Waals surface area contributed by atoms with Crippen LogP contribution in [0.1, 0.15) is 57.3 Å². The molecule has 2 heteroatoms. The Morgan fingerprint density at radius 1 is 0.338 bits per heavy atom. The molecule has 10 aromatic rings. The molecule has 0 heterocycles. The van der Waals surface area contributed by atoms with Crippen LogP contribution in [0.4, 0.5) is 34.1 Å². The first kappa shape index (κ1) is 37.8. The molecule has 0 atom stereocenters. The minimum absolute atomic E-state index is 0.632. The van der Waals surface area contributed by atoms with E-state index < -0.39 is 5.41 Å². The molecule has 0 saturated heterocycles. The summed E-state index contributed by atoms with van der Waals surface area (Å²) in [5.74, 6) is 0. The number of nitrogens with zero attached hydrogens (tertiary/aromatic N) is 2. The lowest BCUT2D eigenvalue weighted by molar-refractivity contribution is 0.776. The Labute approximate surface area is 381 Å². The van der Waals surface area contributed by atoms with Crippen LogP contribution in [0.15, 0.2) is 218 Å². The van der Waals surface area contributed by atoms with Crippen molar-refractivity contribution >= 4 is 55.7 Å². The lowest BCUT2D eigenvalue weighted by Gasteiger charge is -2.36. The minimum Gasteiger partial charge on any atom is -0.310 e. The molecule has 10 aromatic carbocycles. The summed E-state index contributed by atoms with van der Waals surface area (Å²) in [6, 6.07) is 82.3. The quantitative estimate of drug-likeness (QED) is 0.141. The SMILES string of the molecule is c1ccc(N(c2ccc3c(c2)C(c2ccccc2)(c2ccccc2)c2c-3c3ccccc3c3cc(N(c4ccccc4)c4cccc5c4CCC5)ccc23)c2cccc3c2CCC3)cc1. The summed E-state index contributed by atoms with van der Waals surface area (Å²) < 4.78 is 0. The zero-order valence-electron chi connectivity index (χ0n) is 36.4. The van der Waals surface area contributed by atoms with Gasteiger partial charge in [-0.2, -0.15) is 0 Å². The van der Waals surface area contributed by atoms with Gasteiger partial charge in [-0.25, -0.2) is 0 Å². The number of aryl methyl sites for hydroxylation is 2. The van der Waals surface area contributed by atoms with E-state index in [0.29, 0.717) is 0 Å². The number of para-hydroxylation sites is 2. The number of fused-ring (bicyclic) bond motifs is 10. The maximum absolute atomic E-state index is 2.54. The zero-order chi connectivity index (χ0) is 42.9. The molecule has 65 heavy (non-hydrogen) atoms. The van der Waals surface area contributed by atoms with Crippen LogP contribution in [0, 0.1) is 0 Å². The van der Waals surface area contributed by atoms with Crippen LogP contribution in [0.2, 0.25) is 0 Å². The van der Waals surface area contributed by atoms with Gasteiger partial charge in [0, 0.05) is 34.1 Å².